The van der Waals surface area contributed by atoms with E-state index >= 15 is 0 Å². The van der Waals surface area contributed by atoms with Gasteiger partial charge in [-0.3, -0.25) is 9.48 Å². The van der Waals surface area contributed by atoms with Crippen LogP contribution in [0.25, 0.3) is 0 Å². The van der Waals surface area contributed by atoms with Crippen molar-refractivity contribution < 1.29 is 4.79 Å². The molecule has 0 radical (unpaired) electrons. The van der Waals surface area contributed by atoms with Gasteiger partial charge in [0.05, 0.1) is 6.54 Å². The molecule has 5 heterocycles. The van der Waals surface area contributed by atoms with Crippen molar-refractivity contribution in [3.63, 3.8) is 0 Å². The van der Waals surface area contributed by atoms with Crippen LogP contribution in [0, 0.1) is 5.92 Å². The number of amides is 1. The highest BCUT2D eigenvalue weighted by atomic mass is 16.1. The molecule has 1 aromatic carbocycles. The van der Waals surface area contributed by atoms with Crippen LogP contribution in [0.4, 0.5) is 0 Å². The van der Waals surface area contributed by atoms with Crippen molar-refractivity contribution in [1.29, 1.82) is 0 Å². The van der Waals surface area contributed by atoms with Crippen LogP contribution in [0.2, 0.25) is 0 Å². The molecule has 27 heavy (non-hydrogen) atoms. The fourth-order valence-electron chi connectivity index (χ4n) is 5.38. The molecule has 2 aromatic rings. The molecule has 0 spiro atoms. The zero-order valence-electron chi connectivity index (χ0n) is 15.5. The maximum Gasteiger partial charge on any atom is 0.222 e. The Hall–Kier alpha value is -2.25. The average Bonchev–Trinajstić information content (AvgIpc) is 3.08. The predicted molar refractivity (Wildman–Crippen MR) is 101 cm³/mol. The summed E-state index contributed by atoms with van der Waals surface area (Å²) < 4.78 is 1.71. The number of benzene rings is 1. The molecule has 4 fully saturated rings. The van der Waals surface area contributed by atoms with Crippen LogP contribution in [-0.2, 0) is 16.8 Å². The van der Waals surface area contributed by atoms with Gasteiger partial charge in [0.1, 0.15) is 12.7 Å². The van der Waals surface area contributed by atoms with Gasteiger partial charge >= 0.3 is 0 Å². The highest BCUT2D eigenvalue weighted by Gasteiger charge is 2.55. The first-order valence-electron chi connectivity index (χ1n) is 9.85. The topological polar surface area (TPSA) is 66.3 Å². The van der Waals surface area contributed by atoms with Crippen LogP contribution in [0.3, 0.4) is 0 Å². The molecule has 0 aliphatic carbocycles. The predicted octanol–water partition coefficient (Wildman–Crippen LogP) is 0.352. The van der Waals surface area contributed by atoms with Crippen LogP contribution in [0.5, 0.6) is 0 Å². The number of aromatic nitrogens is 3. The third-order valence-corrected chi connectivity index (χ3v) is 6.50. The Kier molecular flexibility index (Phi) is 4.21. The Labute approximate surface area is 159 Å². The van der Waals surface area contributed by atoms with Crippen molar-refractivity contribution in [2.24, 2.45) is 5.92 Å². The summed E-state index contributed by atoms with van der Waals surface area (Å²) in [5, 5.41) is 7.53. The third-order valence-electron chi connectivity index (χ3n) is 6.50. The van der Waals surface area contributed by atoms with E-state index in [1.165, 1.54) is 11.9 Å². The van der Waals surface area contributed by atoms with Gasteiger partial charge in [0, 0.05) is 63.1 Å². The summed E-state index contributed by atoms with van der Waals surface area (Å²) in [6, 6.07) is 11.0. The van der Waals surface area contributed by atoms with Crippen molar-refractivity contribution >= 4 is 5.91 Å². The van der Waals surface area contributed by atoms with Gasteiger partial charge in [-0.2, -0.15) is 5.10 Å². The van der Waals surface area contributed by atoms with Gasteiger partial charge in [0.15, 0.2) is 0 Å². The minimum Gasteiger partial charge on any atom is -0.352 e. The van der Waals surface area contributed by atoms with E-state index in [-0.39, 0.29) is 17.4 Å². The fraction of sp³-hybridized carbons (Fsp3) is 0.550. The van der Waals surface area contributed by atoms with Gasteiger partial charge in [-0.25, -0.2) is 4.98 Å². The number of nitrogens with zero attached hydrogens (tertiary/aromatic N) is 5. The van der Waals surface area contributed by atoms with Gasteiger partial charge in [-0.05, 0) is 5.56 Å². The average molecular weight is 366 g/mol. The number of rotatable bonds is 5. The van der Waals surface area contributed by atoms with Crippen molar-refractivity contribution in [3.8, 4) is 0 Å². The minimum atomic E-state index is -0.0260. The van der Waals surface area contributed by atoms with E-state index in [1.54, 1.807) is 11.0 Å². The second kappa shape index (κ2) is 6.73. The molecule has 1 amide bonds. The standard InChI is InChI=1S/C20H26N6O/c27-18(6-7-26-15-21-14-22-26)23-19-16-10-24-8-9-25(11-16)13-20(19,12-24)17-4-2-1-3-5-17/h1-5,14-16,19H,6-13H2,(H,23,27). The van der Waals surface area contributed by atoms with E-state index < -0.39 is 0 Å². The van der Waals surface area contributed by atoms with Gasteiger partial charge in [0.25, 0.3) is 0 Å². The number of nitrogens with one attached hydrogen (secondary N) is 1. The van der Waals surface area contributed by atoms with Crippen molar-refractivity contribution in [2.75, 3.05) is 39.3 Å². The van der Waals surface area contributed by atoms with E-state index in [1.807, 2.05) is 0 Å². The van der Waals surface area contributed by atoms with Gasteiger partial charge in [0.2, 0.25) is 5.91 Å². The Balaban J connectivity index is 1.40. The van der Waals surface area contributed by atoms with E-state index in [2.05, 4.69) is 55.5 Å². The van der Waals surface area contributed by atoms with Crippen LogP contribution in [0.15, 0.2) is 43.0 Å². The SMILES string of the molecule is O=C(CCn1cncn1)NC1C2CN3CCN(C2)CC1(c1ccccc1)C3. The molecule has 4 aliphatic rings. The Bertz CT molecular complexity index is 776. The molecule has 4 bridgehead atoms. The minimum absolute atomic E-state index is 0.0260. The highest BCUT2D eigenvalue weighted by Crippen LogP contribution is 2.43. The second-order valence-corrected chi connectivity index (χ2v) is 8.21. The lowest BCUT2D eigenvalue weighted by Crippen LogP contribution is -2.70. The summed E-state index contributed by atoms with van der Waals surface area (Å²) in [6.45, 7) is 7.06. The lowest BCUT2D eigenvalue weighted by Gasteiger charge is -2.55. The van der Waals surface area contributed by atoms with Gasteiger partial charge in [-0.15, -0.1) is 0 Å². The molecule has 3 unspecified atom stereocenters. The largest absolute Gasteiger partial charge is 0.352 e. The Morgan fingerprint density at radius 1 is 1.15 bits per heavy atom. The molecule has 0 saturated carbocycles. The lowest BCUT2D eigenvalue weighted by atomic mass is 9.64. The molecular formula is C20H26N6O. The first kappa shape index (κ1) is 16.9. The third kappa shape index (κ3) is 3.04. The maximum absolute atomic E-state index is 12.8. The van der Waals surface area contributed by atoms with Crippen LogP contribution >= 0.6 is 0 Å². The normalized spacial score (nSPS) is 34.4. The molecule has 4 aliphatic heterocycles. The van der Waals surface area contributed by atoms with E-state index in [4.69, 9.17) is 0 Å². The van der Waals surface area contributed by atoms with E-state index in [0.717, 1.165) is 39.3 Å². The van der Waals surface area contributed by atoms with Crippen molar-refractivity contribution in [2.45, 2.75) is 24.4 Å². The number of aryl methyl sites for hydroxylation is 1. The summed E-state index contributed by atoms with van der Waals surface area (Å²) in [5.74, 6) is 0.590. The summed E-state index contributed by atoms with van der Waals surface area (Å²) in [6.07, 6.45) is 3.60. The number of piperidine rings is 2. The van der Waals surface area contributed by atoms with Crippen molar-refractivity contribution in [3.05, 3.63) is 48.5 Å². The number of fused-ring (bicyclic) bond motifs is 1. The van der Waals surface area contributed by atoms with Gasteiger partial charge < -0.3 is 15.1 Å². The van der Waals surface area contributed by atoms with E-state index in [0.29, 0.717) is 18.9 Å². The molecule has 142 valence electrons. The molecule has 7 heteroatoms. The first-order valence-corrected chi connectivity index (χ1v) is 9.85. The maximum atomic E-state index is 12.8. The zero-order valence-corrected chi connectivity index (χ0v) is 15.5. The summed E-state index contributed by atoms with van der Waals surface area (Å²) in [7, 11) is 0. The number of carbonyl (C=O) groups is 1. The van der Waals surface area contributed by atoms with Crippen LogP contribution < -0.4 is 5.32 Å². The van der Waals surface area contributed by atoms with Crippen molar-refractivity contribution in [1.82, 2.24) is 29.9 Å². The number of hydrogen-bond acceptors (Lipinski definition) is 5. The molecule has 3 atom stereocenters. The summed E-state index contributed by atoms with van der Waals surface area (Å²) >= 11 is 0. The fourth-order valence-corrected chi connectivity index (χ4v) is 5.38. The Morgan fingerprint density at radius 2 is 1.89 bits per heavy atom. The van der Waals surface area contributed by atoms with E-state index in [9.17, 15) is 4.79 Å². The Morgan fingerprint density at radius 3 is 2.56 bits per heavy atom. The second-order valence-electron chi connectivity index (χ2n) is 8.21. The monoisotopic (exact) mass is 366 g/mol. The van der Waals surface area contributed by atoms with Crippen LogP contribution in [-0.4, -0.2) is 75.8 Å². The smallest absolute Gasteiger partial charge is 0.222 e. The first-order chi connectivity index (χ1) is 13.2. The zero-order chi connectivity index (χ0) is 18.3. The molecule has 1 N–H and O–H groups in total. The summed E-state index contributed by atoms with van der Waals surface area (Å²) in [4.78, 5) is 21.9. The highest BCUT2D eigenvalue weighted by molar-refractivity contribution is 5.76. The van der Waals surface area contributed by atoms with Crippen LogP contribution in [0.1, 0.15) is 12.0 Å². The molecule has 6 rings (SSSR count). The molecule has 1 aromatic heterocycles. The quantitative estimate of drug-likeness (QED) is 0.827. The molecule has 4 saturated heterocycles. The summed E-state index contributed by atoms with van der Waals surface area (Å²) in [5.41, 5.74) is 1.33. The molecular weight excluding hydrogens is 340 g/mol. The lowest BCUT2D eigenvalue weighted by molar-refractivity contribution is -0.124. The van der Waals surface area contributed by atoms with Gasteiger partial charge in [-0.1, -0.05) is 30.3 Å². The number of hydrogen-bond donors (Lipinski definition) is 1. The number of carbonyl (C=O) groups excluding carboxylic acids is 1. The molecule has 7 nitrogen and oxygen atoms in total.